The molecule has 0 rings (SSSR count). The van der Waals surface area contributed by atoms with Crippen LogP contribution in [-0.4, -0.2) is 96.7 Å². The van der Waals surface area contributed by atoms with Crippen LogP contribution in [0, 0.1) is 17.8 Å². The summed E-state index contributed by atoms with van der Waals surface area (Å²) in [6, 6.07) is 0. The van der Waals surface area contributed by atoms with Crippen LogP contribution in [0.4, 0.5) is 0 Å². The van der Waals surface area contributed by atoms with Crippen molar-refractivity contribution in [2.75, 3.05) is 39.6 Å². The lowest BCUT2D eigenvalue weighted by Crippen LogP contribution is -2.30. The molecule has 90 heavy (non-hydrogen) atoms. The van der Waals surface area contributed by atoms with Gasteiger partial charge in [-0.15, -0.1) is 0 Å². The number of unbranched alkanes of at least 4 members (excludes halogenated alkanes) is 35. The van der Waals surface area contributed by atoms with Crippen LogP contribution >= 0.6 is 15.6 Å². The molecule has 0 aromatic heterocycles. The lowest BCUT2D eigenvalue weighted by Gasteiger charge is -2.21. The summed E-state index contributed by atoms with van der Waals surface area (Å²) in [7, 11) is -9.90. The molecule has 0 bridgehead atoms. The van der Waals surface area contributed by atoms with Gasteiger partial charge in [-0.25, -0.2) is 9.13 Å². The Labute approximate surface area is 549 Å². The van der Waals surface area contributed by atoms with Crippen molar-refractivity contribution in [3.8, 4) is 0 Å². The molecule has 0 fully saturated rings. The van der Waals surface area contributed by atoms with Gasteiger partial charge in [-0.05, 0) is 43.4 Å². The highest BCUT2D eigenvalue weighted by Crippen LogP contribution is 2.45. The molecule has 0 aromatic rings. The first-order valence-electron chi connectivity index (χ1n) is 36.9. The van der Waals surface area contributed by atoms with Gasteiger partial charge < -0.3 is 33.8 Å². The number of phosphoric ester groups is 2. The Morgan fingerprint density at radius 3 is 0.844 bits per heavy atom. The van der Waals surface area contributed by atoms with E-state index >= 15 is 0 Å². The quantitative estimate of drug-likeness (QED) is 0.0222. The van der Waals surface area contributed by atoms with Gasteiger partial charge in [-0.2, -0.15) is 0 Å². The largest absolute Gasteiger partial charge is 0.472 e. The lowest BCUT2D eigenvalue weighted by molar-refractivity contribution is -0.161. The van der Waals surface area contributed by atoms with Crippen LogP contribution in [0.1, 0.15) is 357 Å². The molecule has 0 aromatic carbocycles. The minimum absolute atomic E-state index is 0.104. The van der Waals surface area contributed by atoms with Gasteiger partial charge >= 0.3 is 39.5 Å². The van der Waals surface area contributed by atoms with Gasteiger partial charge in [0.25, 0.3) is 0 Å². The molecule has 534 valence electrons. The molecular formula is C71H138O17P2. The first-order chi connectivity index (χ1) is 43.3. The number of carbonyl (C=O) groups excluding carboxylic acids is 4. The zero-order chi connectivity index (χ0) is 66.6. The Bertz CT molecular complexity index is 1770. The third-order valence-corrected chi connectivity index (χ3v) is 19.0. The van der Waals surface area contributed by atoms with Gasteiger partial charge in [0.2, 0.25) is 0 Å². The third-order valence-electron chi connectivity index (χ3n) is 17.1. The molecular weight excluding hydrogens is 1190 g/mol. The number of aliphatic hydroxyl groups excluding tert-OH is 1. The van der Waals surface area contributed by atoms with Crippen LogP contribution < -0.4 is 0 Å². The van der Waals surface area contributed by atoms with Crippen molar-refractivity contribution in [2.45, 2.75) is 375 Å². The molecule has 19 heteroatoms. The summed E-state index contributed by atoms with van der Waals surface area (Å²) in [5.41, 5.74) is 0. The van der Waals surface area contributed by atoms with E-state index in [1.54, 1.807) is 0 Å². The maximum absolute atomic E-state index is 13.0. The molecule has 4 unspecified atom stereocenters. The SMILES string of the molecule is CCCCCCCCCCCCCCCCCC(=O)O[C@H](COC(=O)CCCCCCCCCCCCC(C)CC)COP(=O)(O)OC[C@@H](O)COP(=O)(O)OC[C@@H](COC(=O)CCCCCCCCC(C)C)OC(=O)CCCCCCCCCCC(C)CC. The summed E-state index contributed by atoms with van der Waals surface area (Å²) in [4.78, 5) is 72.6. The van der Waals surface area contributed by atoms with Crippen molar-refractivity contribution >= 4 is 39.5 Å². The molecule has 3 N–H and O–H groups in total. The van der Waals surface area contributed by atoms with Gasteiger partial charge in [0.15, 0.2) is 12.2 Å². The molecule has 0 amide bonds. The minimum atomic E-state index is -4.95. The topological polar surface area (TPSA) is 237 Å². The maximum atomic E-state index is 13.0. The predicted octanol–water partition coefficient (Wildman–Crippen LogP) is 20.2. The predicted molar refractivity (Wildman–Crippen MR) is 363 cm³/mol. The normalized spacial score (nSPS) is 14.8. The van der Waals surface area contributed by atoms with Crippen LogP contribution in [-0.2, 0) is 65.4 Å². The summed E-state index contributed by atoms with van der Waals surface area (Å²) in [5.74, 6) is 0.132. The molecule has 0 aliphatic heterocycles. The molecule has 0 aliphatic rings. The lowest BCUT2D eigenvalue weighted by atomic mass is 9.99. The van der Waals surface area contributed by atoms with E-state index in [4.69, 9.17) is 37.0 Å². The van der Waals surface area contributed by atoms with E-state index in [9.17, 15) is 43.2 Å². The Hall–Kier alpha value is -1.94. The fourth-order valence-corrected chi connectivity index (χ4v) is 12.2. The highest BCUT2D eigenvalue weighted by Gasteiger charge is 2.30. The van der Waals surface area contributed by atoms with E-state index in [-0.39, 0.29) is 25.7 Å². The molecule has 0 saturated heterocycles. The summed E-state index contributed by atoms with van der Waals surface area (Å²) < 4.78 is 68.3. The Morgan fingerprint density at radius 2 is 0.567 bits per heavy atom. The Kier molecular flexibility index (Phi) is 60.6. The highest BCUT2D eigenvalue weighted by molar-refractivity contribution is 7.47. The van der Waals surface area contributed by atoms with Crippen molar-refractivity contribution in [3.63, 3.8) is 0 Å². The number of hydrogen-bond donors (Lipinski definition) is 3. The fraction of sp³-hybridized carbons (Fsp3) is 0.944. The summed E-state index contributed by atoms with van der Waals surface area (Å²) in [5, 5.41) is 10.6. The zero-order valence-corrected chi connectivity index (χ0v) is 60.4. The van der Waals surface area contributed by atoms with Gasteiger partial charge in [0.1, 0.15) is 19.3 Å². The van der Waals surface area contributed by atoms with E-state index in [2.05, 4.69) is 48.5 Å². The average Bonchev–Trinajstić information content (AvgIpc) is 3.70. The van der Waals surface area contributed by atoms with Crippen LogP contribution in [0.15, 0.2) is 0 Å². The summed E-state index contributed by atoms with van der Waals surface area (Å²) in [6.45, 7) is 11.8. The standard InChI is InChI=1S/C71H138O17P2/c1-8-11-12-13-14-15-16-17-18-19-20-25-31-40-47-54-70(75)87-66(58-81-68(73)52-45-38-30-24-22-21-23-28-36-43-50-63(6)9-2)60-85-89(77,78)83-56-65(72)57-84-90(79,80)86-61-67(59-82-69(74)53-46-39-34-33-35-42-49-62(4)5)88-71(76)55-48-41-32-27-26-29-37-44-51-64(7)10-3/h62-67,72H,8-61H2,1-7H3,(H,77,78)(H,79,80)/t63?,64?,65-,66-,67-/m1/s1. The zero-order valence-electron chi connectivity index (χ0n) is 58.6. The second-order valence-electron chi connectivity index (χ2n) is 26.6. The summed E-state index contributed by atoms with van der Waals surface area (Å²) >= 11 is 0. The van der Waals surface area contributed by atoms with Crippen molar-refractivity contribution in [3.05, 3.63) is 0 Å². The van der Waals surface area contributed by atoms with Crippen LogP contribution in [0.25, 0.3) is 0 Å². The van der Waals surface area contributed by atoms with Gasteiger partial charge in [-0.3, -0.25) is 37.3 Å². The van der Waals surface area contributed by atoms with Crippen LogP contribution in [0.3, 0.4) is 0 Å². The average molecular weight is 1330 g/mol. The van der Waals surface area contributed by atoms with Crippen molar-refractivity contribution in [1.82, 2.24) is 0 Å². The fourth-order valence-electron chi connectivity index (χ4n) is 10.7. The second kappa shape index (κ2) is 61.9. The number of hydrogen-bond acceptors (Lipinski definition) is 15. The molecule has 0 saturated carbocycles. The van der Waals surface area contributed by atoms with Crippen molar-refractivity contribution in [2.24, 2.45) is 17.8 Å². The molecule has 0 heterocycles. The number of aliphatic hydroxyl groups is 1. The van der Waals surface area contributed by atoms with E-state index in [1.165, 1.54) is 161 Å². The van der Waals surface area contributed by atoms with E-state index in [0.717, 1.165) is 108 Å². The third kappa shape index (κ3) is 62.2. The maximum Gasteiger partial charge on any atom is 0.472 e. The molecule has 0 aliphatic carbocycles. The van der Waals surface area contributed by atoms with Gasteiger partial charge in [-0.1, -0.05) is 305 Å². The monoisotopic (exact) mass is 1320 g/mol. The number of esters is 4. The Morgan fingerprint density at radius 1 is 0.322 bits per heavy atom. The number of carbonyl (C=O) groups is 4. The first-order valence-corrected chi connectivity index (χ1v) is 39.9. The van der Waals surface area contributed by atoms with Gasteiger partial charge in [0.05, 0.1) is 26.4 Å². The number of phosphoric acid groups is 2. The van der Waals surface area contributed by atoms with Gasteiger partial charge in [0, 0.05) is 25.7 Å². The number of rotatable bonds is 69. The minimum Gasteiger partial charge on any atom is -0.462 e. The second-order valence-corrected chi connectivity index (χ2v) is 29.5. The van der Waals surface area contributed by atoms with E-state index in [0.29, 0.717) is 31.6 Å². The van der Waals surface area contributed by atoms with Crippen molar-refractivity contribution in [1.29, 1.82) is 0 Å². The highest BCUT2D eigenvalue weighted by atomic mass is 31.2. The first kappa shape index (κ1) is 88.1. The smallest absolute Gasteiger partial charge is 0.462 e. The van der Waals surface area contributed by atoms with Crippen LogP contribution in [0.5, 0.6) is 0 Å². The molecule has 7 atom stereocenters. The molecule has 17 nitrogen and oxygen atoms in total. The van der Waals surface area contributed by atoms with E-state index < -0.39 is 97.5 Å². The van der Waals surface area contributed by atoms with E-state index in [1.807, 2.05) is 0 Å². The number of ether oxygens (including phenoxy) is 4. The molecule has 0 spiro atoms. The van der Waals surface area contributed by atoms with Crippen LogP contribution in [0.2, 0.25) is 0 Å². The Balaban J connectivity index is 5.26. The summed E-state index contributed by atoms with van der Waals surface area (Å²) in [6.07, 6.45) is 45.8. The van der Waals surface area contributed by atoms with Crippen molar-refractivity contribution < 1.29 is 80.2 Å². The molecule has 0 radical (unpaired) electrons.